The Balaban J connectivity index is 2.16. The van der Waals surface area contributed by atoms with Gasteiger partial charge in [-0.15, -0.1) is 0 Å². The van der Waals surface area contributed by atoms with Crippen molar-refractivity contribution in [3.05, 3.63) is 0 Å². The van der Waals surface area contributed by atoms with Crippen molar-refractivity contribution in [1.29, 1.82) is 0 Å². The van der Waals surface area contributed by atoms with Gasteiger partial charge >= 0.3 is 6.03 Å². The predicted molar refractivity (Wildman–Crippen MR) is 64.5 cm³/mol. The first-order valence-electron chi connectivity index (χ1n) is 5.75. The molecule has 0 aromatic rings. The van der Waals surface area contributed by atoms with E-state index in [0.717, 1.165) is 11.2 Å². The molecule has 0 aliphatic carbocycles. The van der Waals surface area contributed by atoms with Gasteiger partial charge in [0.15, 0.2) is 0 Å². The summed E-state index contributed by atoms with van der Waals surface area (Å²) in [7, 11) is -8.89. The van der Waals surface area contributed by atoms with Crippen LogP contribution in [0, 0.1) is 0 Å². The third-order valence-electron chi connectivity index (χ3n) is 3.08. The number of hydrogen-bond donors (Lipinski definition) is 1. The minimum absolute atomic E-state index is 0.0315. The maximum atomic E-state index is 11.9. The molecule has 2 fully saturated rings. The number of nitrogens with one attached hydrogen (secondary N) is 1. The van der Waals surface area contributed by atoms with E-state index in [1.54, 1.807) is 4.72 Å². The molecule has 0 unspecified atom stereocenters. The third-order valence-corrected chi connectivity index (χ3v) is 4.00. The lowest BCUT2D eigenvalue weighted by Crippen LogP contribution is -2.50. The number of amides is 3. The van der Waals surface area contributed by atoms with Gasteiger partial charge in [0.25, 0.3) is 5.91 Å². The number of fused-ring (bicyclic) bond motifs is 2. The Kier molecular flexibility index (Phi) is 3.86. The van der Waals surface area contributed by atoms with Gasteiger partial charge in [-0.3, -0.25) is 9.52 Å². The monoisotopic (exact) mass is 342 g/mol. The zero-order valence-electron chi connectivity index (χ0n) is 10.8. The second kappa shape index (κ2) is 5.08. The summed E-state index contributed by atoms with van der Waals surface area (Å²) in [4.78, 5) is 24.7. The fourth-order valence-corrected chi connectivity index (χ4v) is 3.24. The maximum absolute atomic E-state index is 11.9. The lowest BCUT2D eigenvalue weighted by atomic mass is 10.0. The number of carbonyl (C=O) groups excluding carboxylic acids is 2. The van der Waals surface area contributed by atoms with E-state index in [-0.39, 0.29) is 19.4 Å². The first-order chi connectivity index (χ1) is 9.48. The van der Waals surface area contributed by atoms with E-state index in [0.29, 0.717) is 5.06 Å². The molecule has 0 aromatic heterocycles. The Labute approximate surface area is 120 Å². The Morgan fingerprint density at radius 2 is 1.95 bits per heavy atom. The highest BCUT2D eigenvalue weighted by Gasteiger charge is 2.49. The SMILES string of the molecule is CS(=O)(=O)NC(=O)[C@@H]1CC[C@@H]2CN1C(=O)N2OS(=O)(=O)[O-]. The van der Waals surface area contributed by atoms with Crippen LogP contribution in [0.3, 0.4) is 0 Å². The van der Waals surface area contributed by atoms with Gasteiger partial charge in [0, 0.05) is 6.54 Å². The summed E-state index contributed by atoms with van der Waals surface area (Å²) < 4.78 is 59.6. The summed E-state index contributed by atoms with van der Waals surface area (Å²) in [6.07, 6.45) is 1.11. The summed E-state index contributed by atoms with van der Waals surface area (Å²) in [5.41, 5.74) is 0. The van der Waals surface area contributed by atoms with Crippen molar-refractivity contribution in [3.8, 4) is 0 Å². The number of rotatable bonds is 4. The number of hydroxylamine groups is 2. The summed E-state index contributed by atoms with van der Waals surface area (Å²) in [6.45, 7) is -0.0315. The third kappa shape index (κ3) is 3.61. The topological polar surface area (TPSA) is 153 Å². The van der Waals surface area contributed by atoms with Gasteiger partial charge in [0.05, 0.1) is 12.3 Å². The van der Waals surface area contributed by atoms with Crippen molar-refractivity contribution < 1.29 is 35.3 Å². The van der Waals surface area contributed by atoms with Crippen molar-refractivity contribution in [2.75, 3.05) is 12.8 Å². The smallest absolute Gasteiger partial charge is 0.346 e. The Hall–Kier alpha value is -1.44. The molecule has 0 aromatic carbocycles. The van der Waals surface area contributed by atoms with E-state index in [2.05, 4.69) is 4.28 Å². The molecule has 0 saturated carbocycles. The van der Waals surface area contributed by atoms with E-state index in [1.807, 2.05) is 0 Å². The van der Waals surface area contributed by atoms with Crippen molar-refractivity contribution >= 4 is 32.4 Å². The van der Waals surface area contributed by atoms with Crippen molar-refractivity contribution in [2.45, 2.75) is 24.9 Å². The number of carbonyl (C=O) groups is 2. The Bertz CT molecular complexity index is 672. The largest absolute Gasteiger partial charge is 0.724 e. The van der Waals surface area contributed by atoms with E-state index in [1.165, 1.54) is 0 Å². The molecular weight excluding hydrogens is 330 g/mol. The number of sulfonamides is 1. The summed E-state index contributed by atoms with van der Waals surface area (Å²) in [5, 5.41) is 0.413. The molecule has 120 valence electrons. The first kappa shape index (κ1) is 15.9. The van der Waals surface area contributed by atoms with Crippen LogP contribution in [0.25, 0.3) is 0 Å². The van der Waals surface area contributed by atoms with Crippen molar-refractivity contribution in [1.82, 2.24) is 14.7 Å². The van der Waals surface area contributed by atoms with Crippen LogP contribution >= 0.6 is 0 Å². The van der Waals surface area contributed by atoms with Crippen LogP contribution in [-0.2, 0) is 29.5 Å². The molecule has 2 heterocycles. The molecule has 11 nitrogen and oxygen atoms in total. The fourth-order valence-electron chi connectivity index (χ4n) is 2.35. The molecule has 2 bridgehead atoms. The highest BCUT2D eigenvalue weighted by molar-refractivity contribution is 7.89. The molecule has 3 amide bonds. The zero-order chi connectivity index (χ0) is 16.0. The van der Waals surface area contributed by atoms with Crippen LogP contribution in [-0.4, -0.2) is 68.2 Å². The highest BCUT2D eigenvalue weighted by atomic mass is 32.3. The number of hydrogen-bond acceptors (Lipinski definition) is 8. The molecule has 0 spiro atoms. The van der Waals surface area contributed by atoms with Crippen LogP contribution in [0.2, 0.25) is 0 Å². The first-order valence-corrected chi connectivity index (χ1v) is 8.97. The van der Waals surface area contributed by atoms with E-state index >= 15 is 0 Å². The molecule has 1 N–H and O–H groups in total. The molecule has 21 heavy (non-hydrogen) atoms. The number of piperidine rings is 1. The van der Waals surface area contributed by atoms with Gasteiger partial charge in [-0.25, -0.2) is 21.6 Å². The lowest BCUT2D eigenvalue weighted by Gasteiger charge is -2.28. The summed E-state index contributed by atoms with van der Waals surface area (Å²) in [6, 6.07) is -2.71. The number of urea groups is 1. The molecule has 2 aliphatic rings. The Morgan fingerprint density at radius 1 is 1.33 bits per heavy atom. The Morgan fingerprint density at radius 3 is 2.48 bits per heavy atom. The minimum atomic E-state index is -5.11. The predicted octanol–water partition coefficient (Wildman–Crippen LogP) is -2.28. The maximum Gasteiger partial charge on any atom is 0.346 e. The van der Waals surface area contributed by atoms with Crippen LogP contribution in [0.4, 0.5) is 4.79 Å². The normalized spacial score (nSPS) is 26.1. The van der Waals surface area contributed by atoms with Gasteiger partial charge in [-0.05, 0) is 12.8 Å². The highest BCUT2D eigenvalue weighted by Crippen LogP contribution is 2.30. The van der Waals surface area contributed by atoms with Crippen LogP contribution in [0.5, 0.6) is 0 Å². The van der Waals surface area contributed by atoms with E-state index < -0.39 is 44.4 Å². The summed E-state index contributed by atoms with van der Waals surface area (Å²) in [5.74, 6) is -0.892. The molecule has 2 saturated heterocycles. The average Bonchev–Trinajstić information content (AvgIpc) is 2.51. The molecular formula is C8H12N3O8S2-. The number of nitrogens with zero attached hydrogens (tertiary/aromatic N) is 2. The molecule has 2 aliphatic heterocycles. The van der Waals surface area contributed by atoms with Gasteiger partial charge in [-0.1, -0.05) is 0 Å². The van der Waals surface area contributed by atoms with Gasteiger partial charge in [0.2, 0.25) is 20.4 Å². The van der Waals surface area contributed by atoms with Crippen molar-refractivity contribution in [3.63, 3.8) is 0 Å². The fraction of sp³-hybridized carbons (Fsp3) is 0.750. The van der Waals surface area contributed by atoms with E-state index in [9.17, 15) is 31.0 Å². The van der Waals surface area contributed by atoms with Gasteiger partial charge in [0.1, 0.15) is 6.04 Å². The van der Waals surface area contributed by atoms with Crippen molar-refractivity contribution in [2.24, 2.45) is 0 Å². The quantitative estimate of drug-likeness (QED) is 0.443. The standard InChI is InChI=1S/C8H13N3O8S2/c1-20(14,15)9-7(12)6-3-2-5-4-10(6)8(13)11(5)19-21(16,17)18/h5-6H,2-4H2,1H3,(H,9,12)(H,16,17,18)/p-1/t5-,6+/m1/s1. The second-order valence-electron chi connectivity index (χ2n) is 4.73. The zero-order valence-corrected chi connectivity index (χ0v) is 12.4. The average molecular weight is 342 g/mol. The molecule has 2 atom stereocenters. The van der Waals surface area contributed by atoms with Gasteiger partial charge in [-0.2, -0.15) is 9.35 Å². The van der Waals surface area contributed by atoms with Gasteiger partial charge < -0.3 is 9.45 Å². The van der Waals surface area contributed by atoms with Crippen LogP contribution < -0.4 is 4.72 Å². The minimum Gasteiger partial charge on any atom is -0.724 e. The van der Waals surface area contributed by atoms with Crippen LogP contribution in [0.1, 0.15) is 12.8 Å². The molecule has 13 heteroatoms. The molecule has 2 rings (SSSR count). The van der Waals surface area contributed by atoms with Crippen LogP contribution in [0.15, 0.2) is 0 Å². The molecule has 0 radical (unpaired) electrons. The lowest BCUT2D eigenvalue weighted by molar-refractivity contribution is -0.124. The van der Waals surface area contributed by atoms with E-state index in [4.69, 9.17) is 0 Å². The second-order valence-corrected chi connectivity index (χ2v) is 7.44. The summed E-state index contributed by atoms with van der Waals surface area (Å²) >= 11 is 0.